The Bertz CT molecular complexity index is 597. The number of rotatable bonds is 5. The SMILES string of the molecule is Cn1cc(CCNc2ccc(Cl)c(C(=O)O)n2)cn1. The van der Waals surface area contributed by atoms with Gasteiger partial charge in [0, 0.05) is 19.8 Å². The van der Waals surface area contributed by atoms with E-state index in [1.165, 1.54) is 6.07 Å². The molecule has 7 heteroatoms. The van der Waals surface area contributed by atoms with Gasteiger partial charge in [-0.15, -0.1) is 0 Å². The van der Waals surface area contributed by atoms with Gasteiger partial charge in [0.1, 0.15) is 5.82 Å². The molecule has 0 saturated carbocycles. The number of nitrogens with zero attached hydrogens (tertiary/aromatic N) is 3. The number of anilines is 1. The van der Waals surface area contributed by atoms with Crippen LogP contribution < -0.4 is 5.32 Å². The Morgan fingerprint density at radius 2 is 2.32 bits per heavy atom. The highest BCUT2D eigenvalue weighted by atomic mass is 35.5. The Hall–Kier alpha value is -2.08. The third-order valence-electron chi connectivity index (χ3n) is 2.53. The maximum absolute atomic E-state index is 10.9. The molecule has 0 aromatic carbocycles. The van der Waals surface area contributed by atoms with E-state index in [4.69, 9.17) is 16.7 Å². The number of carbonyl (C=O) groups is 1. The molecule has 0 unspecified atom stereocenters. The average molecular weight is 281 g/mol. The van der Waals surface area contributed by atoms with Crippen LogP contribution >= 0.6 is 11.6 Å². The van der Waals surface area contributed by atoms with E-state index in [1.807, 2.05) is 13.2 Å². The Labute approximate surface area is 115 Å². The number of hydrogen-bond acceptors (Lipinski definition) is 4. The summed E-state index contributed by atoms with van der Waals surface area (Å²) in [6, 6.07) is 3.17. The molecule has 0 atom stereocenters. The molecule has 0 bridgehead atoms. The second kappa shape index (κ2) is 5.71. The molecule has 0 aliphatic carbocycles. The lowest BCUT2D eigenvalue weighted by atomic mass is 10.2. The van der Waals surface area contributed by atoms with Gasteiger partial charge in [-0.3, -0.25) is 4.68 Å². The van der Waals surface area contributed by atoms with E-state index in [0.717, 1.165) is 12.0 Å². The lowest BCUT2D eigenvalue weighted by molar-refractivity contribution is 0.0691. The summed E-state index contributed by atoms with van der Waals surface area (Å²) in [6.45, 7) is 0.638. The van der Waals surface area contributed by atoms with Crippen molar-refractivity contribution in [3.63, 3.8) is 0 Å². The predicted octanol–water partition coefficient (Wildman–Crippen LogP) is 1.82. The van der Waals surface area contributed by atoms with Crippen molar-refractivity contribution in [1.29, 1.82) is 0 Å². The number of aryl methyl sites for hydroxylation is 1. The first-order valence-electron chi connectivity index (χ1n) is 5.67. The fourth-order valence-corrected chi connectivity index (χ4v) is 1.81. The second-order valence-electron chi connectivity index (χ2n) is 4.03. The minimum absolute atomic E-state index is 0.130. The largest absolute Gasteiger partial charge is 0.476 e. The summed E-state index contributed by atoms with van der Waals surface area (Å²) in [6.07, 6.45) is 4.50. The summed E-state index contributed by atoms with van der Waals surface area (Å²) in [7, 11) is 1.86. The molecule has 19 heavy (non-hydrogen) atoms. The Morgan fingerprint density at radius 3 is 2.95 bits per heavy atom. The van der Waals surface area contributed by atoms with Gasteiger partial charge in [-0.1, -0.05) is 11.6 Å². The van der Waals surface area contributed by atoms with Gasteiger partial charge in [-0.05, 0) is 24.1 Å². The number of pyridine rings is 1. The van der Waals surface area contributed by atoms with Crippen molar-refractivity contribution in [2.45, 2.75) is 6.42 Å². The Morgan fingerprint density at radius 1 is 1.53 bits per heavy atom. The van der Waals surface area contributed by atoms with Gasteiger partial charge in [0.2, 0.25) is 0 Å². The summed E-state index contributed by atoms with van der Waals surface area (Å²) in [5.41, 5.74) is 0.954. The molecule has 0 aliphatic rings. The molecule has 2 aromatic heterocycles. The molecule has 2 aromatic rings. The zero-order valence-electron chi connectivity index (χ0n) is 10.3. The van der Waals surface area contributed by atoms with Crippen LogP contribution in [0.3, 0.4) is 0 Å². The maximum Gasteiger partial charge on any atom is 0.356 e. The van der Waals surface area contributed by atoms with Crippen molar-refractivity contribution in [1.82, 2.24) is 14.8 Å². The minimum atomic E-state index is -1.14. The number of carboxylic acid groups (broad SMARTS) is 1. The molecule has 0 fully saturated rings. The first-order chi connectivity index (χ1) is 9.06. The highest BCUT2D eigenvalue weighted by molar-refractivity contribution is 6.33. The van der Waals surface area contributed by atoms with E-state index in [2.05, 4.69) is 15.4 Å². The molecular formula is C12H13ClN4O2. The average Bonchev–Trinajstić information content (AvgIpc) is 2.77. The van der Waals surface area contributed by atoms with Crippen molar-refractivity contribution < 1.29 is 9.90 Å². The number of carboxylic acids is 1. The molecule has 2 heterocycles. The smallest absolute Gasteiger partial charge is 0.356 e. The van der Waals surface area contributed by atoms with Gasteiger partial charge in [0.05, 0.1) is 11.2 Å². The van der Waals surface area contributed by atoms with Crippen LogP contribution in [0.15, 0.2) is 24.5 Å². The topological polar surface area (TPSA) is 80.0 Å². The van der Waals surface area contributed by atoms with Gasteiger partial charge in [-0.2, -0.15) is 5.10 Å². The summed E-state index contributed by atoms with van der Waals surface area (Å²) in [4.78, 5) is 14.8. The first kappa shape index (κ1) is 13.4. The van der Waals surface area contributed by atoms with E-state index in [9.17, 15) is 4.79 Å². The number of aromatic nitrogens is 3. The molecule has 0 radical (unpaired) electrons. The van der Waals surface area contributed by atoms with E-state index in [-0.39, 0.29) is 10.7 Å². The zero-order valence-corrected chi connectivity index (χ0v) is 11.1. The molecule has 2 N–H and O–H groups in total. The van der Waals surface area contributed by atoms with Crippen molar-refractivity contribution in [2.75, 3.05) is 11.9 Å². The van der Waals surface area contributed by atoms with Gasteiger partial charge in [0.15, 0.2) is 5.69 Å². The van der Waals surface area contributed by atoms with Crippen LogP contribution in [0.5, 0.6) is 0 Å². The molecule has 2 rings (SSSR count). The van der Waals surface area contributed by atoms with Crippen LogP contribution in [0.25, 0.3) is 0 Å². The molecule has 0 amide bonds. The summed E-state index contributed by atoms with van der Waals surface area (Å²) < 4.78 is 1.73. The molecular weight excluding hydrogens is 268 g/mol. The fraction of sp³-hybridized carbons (Fsp3) is 0.250. The molecule has 0 spiro atoms. The summed E-state index contributed by atoms with van der Waals surface area (Å²) in [5, 5.41) is 16.2. The molecule has 6 nitrogen and oxygen atoms in total. The monoisotopic (exact) mass is 280 g/mol. The zero-order chi connectivity index (χ0) is 13.8. The van der Waals surface area contributed by atoms with Gasteiger partial charge < -0.3 is 10.4 Å². The highest BCUT2D eigenvalue weighted by Crippen LogP contribution is 2.16. The normalized spacial score (nSPS) is 10.4. The van der Waals surface area contributed by atoms with Crippen LogP contribution in [0.4, 0.5) is 5.82 Å². The van der Waals surface area contributed by atoms with Gasteiger partial charge in [-0.25, -0.2) is 9.78 Å². The van der Waals surface area contributed by atoms with E-state index >= 15 is 0 Å². The third kappa shape index (κ3) is 3.45. The summed E-state index contributed by atoms with van der Waals surface area (Å²) in [5.74, 6) is -0.647. The lowest BCUT2D eigenvalue weighted by Gasteiger charge is -2.06. The van der Waals surface area contributed by atoms with Gasteiger partial charge in [0.25, 0.3) is 0 Å². The number of halogens is 1. The van der Waals surface area contributed by atoms with Gasteiger partial charge >= 0.3 is 5.97 Å². The Kier molecular flexibility index (Phi) is 4.01. The van der Waals surface area contributed by atoms with E-state index < -0.39 is 5.97 Å². The van der Waals surface area contributed by atoms with Crippen LogP contribution in [0.1, 0.15) is 16.1 Å². The first-order valence-corrected chi connectivity index (χ1v) is 6.05. The maximum atomic E-state index is 10.9. The molecule has 100 valence electrons. The lowest BCUT2D eigenvalue weighted by Crippen LogP contribution is -2.09. The fourth-order valence-electron chi connectivity index (χ4n) is 1.63. The second-order valence-corrected chi connectivity index (χ2v) is 4.44. The molecule has 0 saturated heterocycles. The predicted molar refractivity (Wildman–Crippen MR) is 71.6 cm³/mol. The highest BCUT2D eigenvalue weighted by Gasteiger charge is 2.11. The van der Waals surface area contributed by atoms with Crippen molar-refractivity contribution >= 4 is 23.4 Å². The van der Waals surface area contributed by atoms with Crippen molar-refractivity contribution in [3.8, 4) is 0 Å². The minimum Gasteiger partial charge on any atom is -0.476 e. The third-order valence-corrected chi connectivity index (χ3v) is 2.83. The number of aromatic carboxylic acids is 1. The van der Waals surface area contributed by atoms with Crippen molar-refractivity contribution in [3.05, 3.63) is 40.8 Å². The molecule has 0 aliphatic heterocycles. The summed E-state index contributed by atoms with van der Waals surface area (Å²) >= 11 is 5.74. The standard InChI is InChI=1S/C12H13ClN4O2/c1-17-7-8(6-15-17)4-5-14-10-3-2-9(13)11(16-10)12(18)19/h2-3,6-7H,4-5H2,1H3,(H,14,16)(H,18,19). The van der Waals surface area contributed by atoms with Crippen LogP contribution in [0.2, 0.25) is 5.02 Å². The van der Waals surface area contributed by atoms with E-state index in [1.54, 1.807) is 16.9 Å². The van der Waals surface area contributed by atoms with Crippen LogP contribution in [-0.2, 0) is 13.5 Å². The Balaban J connectivity index is 1.96. The van der Waals surface area contributed by atoms with Crippen molar-refractivity contribution in [2.24, 2.45) is 7.05 Å². The van der Waals surface area contributed by atoms with Crippen LogP contribution in [0, 0.1) is 0 Å². The van der Waals surface area contributed by atoms with E-state index in [0.29, 0.717) is 12.4 Å². The quantitative estimate of drug-likeness (QED) is 0.873. The van der Waals surface area contributed by atoms with Crippen LogP contribution in [-0.4, -0.2) is 32.4 Å². The number of hydrogen-bond donors (Lipinski definition) is 2. The number of nitrogens with one attached hydrogen (secondary N) is 1.